The van der Waals surface area contributed by atoms with E-state index in [-0.39, 0.29) is 10.6 Å². The van der Waals surface area contributed by atoms with Crippen molar-refractivity contribution in [3.8, 4) is 17.2 Å². The number of halogens is 1. The molecule has 1 aliphatic heterocycles. The van der Waals surface area contributed by atoms with Gasteiger partial charge in [0.1, 0.15) is 34.2 Å². The van der Waals surface area contributed by atoms with E-state index in [1.54, 1.807) is 19.2 Å². The number of carbonyl (C=O) groups is 1. The second-order valence-corrected chi connectivity index (χ2v) is 4.45. The SMILES string of the molecule is COc1cc(OC)c2c(c1)OCC(Br)C2=O. The number of rotatable bonds is 2. The lowest BCUT2D eigenvalue weighted by molar-refractivity contribution is 0.0942. The Kier molecular flexibility index (Phi) is 3.05. The molecule has 1 heterocycles. The molecule has 16 heavy (non-hydrogen) atoms. The van der Waals surface area contributed by atoms with Crippen molar-refractivity contribution in [1.82, 2.24) is 0 Å². The average Bonchev–Trinajstić information content (AvgIpc) is 2.32. The van der Waals surface area contributed by atoms with Crippen LogP contribution in [0.25, 0.3) is 0 Å². The van der Waals surface area contributed by atoms with Crippen LogP contribution in [0, 0.1) is 0 Å². The molecule has 0 fully saturated rings. The van der Waals surface area contributed by atoms with Crippen molar-refractivity contribution in [2.75, 3.05) is 20.8 Å². The molecular weight excluding hydrogens is 276 g/mol. The third-order valence-corrected chi connectivity index (χ3v) is 3.09. The predicted molar refractivity (Wildman–Crippen MR) is 62.1 cm³/mol. The summed E-state index contributed by atoms with van der Waals surface area (Å²) in [7, 11) is 3.07. The Morgan fingerprint density at radius 1 is 1.38 bits per heavy atom. The van der Waals surface area contributed by atoms with Gasteiger partial charge in [-0.25, -0.2) is 0 Å². The van der Waals surface area contributed by atoms with E-state index in [2.05, 4.69) is 15.9 Å². The smallest absolute Gasteiger partial charge is 0.187 e. The van der Waals surface area contributed by atoms with Crippen LogP contribution in [0.2, 0.25) is 0 Å². The van der Waals surface area contributed by atoms with E-state index in [0.29, 0.717) is 29.4 Å². The van der Waals surface area contributed by atoms with Gasteiger partial charge in [0.05, 0.1) is 14.2 Å². The molecule has 0 amide bonds. The Labute approximate surface area is 102 Å². The lowest BCUT2D eigenvalue weighted by Crippen LogP contribution is -2.28. The molecule has 1 unspecified atom stereocenters. The average molecular weight is 287 g/mol. The van der Waals surface area contributed by atoms with E-state index >= 15 is 0 Å². The summed E-state index contributed by atoms with van der Waals surface area (Å²) in [6.45, 7) is 0.322. The molecule has 5 heteroatoms. The molecule has 4 nitrogen and oxygen atoms in total. The number of carbonyl (C=O) groups excluding carboxylic acids is 1. The van der Waals surface area contributed by atoms with Crippen LogP contribution in [0.5, 0.6) is 17.2 Å². The summed E-state index contributed by atoms with van der Waals surface area (Å²) in [5.74, 6) is 1.57. The maximum Gasteiger partial charge on any atom is 0.187 e. The van der Waals surface area contributed by atoms with Crippen LogP contribution in [-0.4, -0.2) is 31.4 Å². The quantitative estimate of drug-likeness (QED) is 0.781. The first-order valence-electron chi connectivity index (χ1n) is 4.74. The Morgan fingerprint density at radius 3 is 2.75 bits per heavy atom. The van der Waals surface area contributed by atoms with Gasteiger partial charge in [0.25, 0.3) is 0 Å². The number of methoxy groups -OCH3 is 2. The number of hydrogen-bond acceptors (Lipinski definition) is 4. The van der Waals surface area contributed by atoms with Gasteiger partial charge in [0.15, 0.2) is 5.78 Å². The van der Waals surface area contributed by atoms with Gasteiger partial charge in [0, 0.05) is 12.1 Å². The van der Waals surface area contributed by atoms with E-state index in [0.717, 1.165) is 0 Å². The molecule has 0 N–H and O–H groups in total. The first-order valence-corrected chi connectivity index (χ1v) is 5.66. The summed E-state index contributed by atoms with van der Waals surface area (Å²) in [5.41, 5.74) is 0.469. The normalized spacial score (nSPS) is 18.7. The van der Waals surface area contributed by atoms with E-state index in [1.807, 2.05) is 0 Å². The first kappa shape index (κ1) is 11.3. The summed E-state index contributed by atoms with van der Waals surface area (Å²) >= 11 is 3.26. The maximum atomic E-state index is 11.9. The second-order valence-electron chi connectivity index (χ2n) is 3.35. The highest BCUT2D eigenvalue weighted by atomic mass is 79.9. The van der Waals surface area contributed by atoms with Crippen LogP contribution >= 0.6 is 15.9 Å². The molecule has 0 saturated carbocycles. The number of ketones is 1. The fourth-order valence-electron chi connectivity index (χ4n) is 1.60. The Morgan fingerprint density at radius 2 is 2.12 bits per heavy atom. The highest BCUT2D eigenvalue weighted by molar-refractivity contribution is 9.10. The van der Waals surface area contributed by atoms with Gasteiger partial charge in [-0.15, -0.1) is 0 Å². The van der Waals surface area contributed by atoms with Crippen molar-refractivity contribution in [2.24, 2.45) is 0 Å². The fourth-order valence-corrected chi connectivity index (χ4v) is 1.96. The first-order chi connectivity index (χ1) is 7.67. The largest absolute Gasteiger partial charge is 0.496 e. The monoisotopic (exact) mass is 286 g/mol. The molecule has 0 spiro atoms. The standard InChI is InChI=1S/C11H11BrO4/c1-14-6-3-8(15-2)10-9(4-6)16-5-7(12)11(10)13/h3-4,7H,5H2,1-2H3. The zero-order valence-corrected chi connectivity index (χ0v) is 10.5. The van der Waals surface area contributed by atoms with E-state index in [1.165, 1.54) is 7.11 Å². The molecule has 1 aliphatic rings. The molecule has 1 aromatic rings. The Balaban J connectivity index is 2.57. The number of hydrogen-bond donors (Lipinski definition) is 0. The van der Waals surface area contributed by atoms with E-state index in [9.17, 15) is 4.79 Å². The summed E-state index contributed by atoms with van der Waals surface area (Å²) in [6, 6.07) is 3.36. The minimum Gasteiger partial charge on any atom is -0.496 e. The van der Waals surface area contributed by atoms with Crippen molar-refractivity contribution in [3.05, 3.63) is 17.7 Å². The van der Waals surface area contributed by atoms with Crippen LogP contribution in [0.15, 0.2) is 12.1 Å². The molecule has 1 aromatic carbocycles. The van der Waals surface area contributed by atoms with Crippen LogP contribution in [0.1, 0.15) is 10.4 Å². The number of alkyl halides is 1. The molecule has 0 aromatic heterocycles. The topological polar surface area (TPSA) is 44.8 Å². The summed E-state index contributed by atoms with van der Waals surface area (Å²) in [4.78, 5) is 11.6. The summed E-state index contributed by atoms with van der Waals surface area (Å²) in [6.07, 6.45) is 0. The van der Waals surface area contributed by atoms with Crippen molar-refractivity contribution in [3.63, 3.8) is 0 Å². The molecule has 86 valence electrons. The van der Waals surface area contributed by atoms with E-state index < -0.39 is 0 Å². The van der Waals surface area contributed by atoms with Gasteiger partial charge < -0.3 is 14.2 Å². The van der Waals surface area contributed by atoms with Gasteiger partial charge in [-0.3, -0.25) is 4.79 Å². The molecule has 0 saturated heterocycles. The molecule has 1 atom stereocenters. The Bertz CT molecular complexity index is 413. The van der Waals surface area contributed by atoms with Gasteiger partial charge >= 0.3 is 0 Å². The zero-order chi connectivity index (χ0) is 11.7. The lowest BCUT2D eigenvalue weighted by Gasteiger charge is -2.22. The van der Waals surface area contributed by atoms with Gasteiger partial charge in [-0.1, -0.05) is 15.9 Å². The highest BCUT2D eigenvalue weighted by Crippen LogP contribution is 2.38. The zero-order valence-electron chi connectivity index (χ0n) is 8.95. The van der Waals surface area contributed by atoms with Crippen molar-refractivity contribution in [2.45, 2.75) is 4.83 Å². The lowest BCUT2D eigenvalue weighted by atomic mass is 10.0. The van der Waals surface area contributed by atoms with Crippen LogP contribution < -0.4 is 14.2 Å². The highest BCUT2D eigenvalue weighted by Gasteiger charge is 2.30. The molecule has 0 bridgehead atoms. The van der Waals surface area contributed by atoms with Gasteiger partial charge in [-0.2, -0.15) is 0 Å². The molecule has 0 aliphatic carbocycles. The number of ether oxygens (including phenoxy) is 3. The summed E-state index contributed by atoms with van der Waals surface area (Å²) < 4.78 is 15.7. The molecular formula is C11H11BrO4. The van der Waals surface area contributed by atoms with E-state index in [4.69, 9.17) is 14.2 Å². The van der Waals surface area contributed by atoms with Crippen LogP contribution in [0.3, 0.4) is 0 Å². The fraction of sp³-hybridized carbons (Fsp3) is 0.364. The number of benzene rings is 1. The Hall–Kier alpha value is -1.23. The van der Waals surface area contributed by atoms with Crippen molar-refractivity contribution >= 4 is 21.7 Å². The van der Waals surface area contributed by atoms with Gasteiger partial charge in [-0.05, 0) is 0 Å². The number of fused-ring (bicyclic) bond motifs is 1. The van der Waals surface area contributed by atoms with Crippen LogP contribution in [-0.2, 0) is 0 Å². The predicted octanol–water partition coefficient (Wildman–Crippen LogP) is 2.04. The van der Waals surface area contributed by atoms with Crippen molar-refractivity contribution < 1.29 is 19.0 Å². The second kappa shape index (κ2) is 4.33. The minimum atomic E-state index is -0.317. The van der Waals surface area contributed by atoms with Gasteiger partial charge in [0.2, 0.25) is 0 Å². The number of Topliss-reactive ketones (excluding diaryl/α,β-unsaturated/α-hetero) is 1. The minimum absolute atomic E-state index is 0.0271. The third kappa shape index (κ3) is 1.75. The summed E-state index contributed by atoms with van der Waals surface area (Å²) in [5, 5.41) is 0. The molecule has 2 rings (SSSR count). The molecule has 0 radical (unpaired) electrons. The van der Waals surface area contributed by atoms with Crippen molar-refractivity contribution in [1.29, 1.82) is 0 Å². The maximum absolute atomic E-state index is 11.9. The third-order valence-electron chi connectivity index (χ3n) is 2.41. The van der Waals surface area contributed by atoms with Crippen LogP contribution in [0.4, 0.5) is 0 Å².